The monoisotopic (exact) mass is 645 g/mol. The van der Waals surface area contributed by atoms with E-state index in [1.807, 2.05) is 12.4 Å². The van der Waals surface area contributed by atoms with Crippen LogP contribution in [0.1, 0.15) is 191 Å². The quantitative estimate of drug-likeness (QED) is 0.120. The molecule has 0 aromatic carbocycles. The molecule has 2 heterocycles. The van der Waals surface area contributed by atoms with Gasteiger partial charge in [-0.25, -0.2) is 0 Å². The molecule has 264 valence electrons. The molecule has 3 heteroatoms. The number of rotatable bonds is 22. The lowest BCUT2D eigenvalue weighted by Gasteiger charge is -2.29. The van der Waals surface area contributed by atoms with Crippen LogP contribution in [0.25, 0.3) is 0 Å². The van der Waals surface area contributed by atoms with Crippen LogP contribution in [0.4, 0.5) is 0 Å². The van der Waals surface area contributed by atoms with Crippen LogP contribution in [0.2, 0.25) is 0 Å². The number of nitrogens with zero attached hydrogens (tertiary/aromatic N) is 2. The smallest absolute Gasteiger partial charge is 0.146 e. The molecule has 2 aromatic rings. The molecule has 3 nitrogen and oxygen atoms in total. The zero-order chi connectivity index (χ0) is 33.1. The van der Waals surface area contributed by atoms with Gasteiger partial charge in [0.15, 0.2) is 0 Å². The highest BCUT2D eigenvalue weighted by Crippen LogP contribution is 2.37. The van der Waals surface area contributed by atoms with Crippen LogP contribution in [-0.4, -0.2) is 9.97 Å². The molecular weight excluding hydrogens is 572 g/mol. The molecule has 0 radical (unpaired) electrons. The molecule has 0 atom stereocenters. The van der Waals surface area contributed by atoms with Gasteiger partial charge in [0, 0.05) is 11.4 Å². The Labute approximate surface area is 290 Å². The van der Waals surface area contributed by atoms with Crippen LogP contribution in [0.15, 0.2) is 24.5 Å². The zero-order valence-electron chi connectivity index (χ0n) is 31.3. The summed E-state index contributed by atoms with van der Waals surface area (Å²) in [5.41, 5.74) is 5.47. The minimum absolute atomic E-state index is 0.789. The molecule has 4 rings (SSSR count). The fourth-order valence-corrected chi connectivity index (χ4v) is 8.56. The van der Waals surface area contributed by atoms with Crippen LogP contribution >= 0.6 is 0 Å². The van der Waals surface area contributed by atoms with Crippen LogP contribution in [0.5, 0.6) is 11.5 Å². The number of ether oxygens (including phenoxy) is 1. The van der Waals surface area contributed by atoms with Gasteiger partial charge in [0.1, 0.15) is 11.5 Å². The number of aromatic nitrogens is 2. The summed E-state index contributed by atoms with van der Waals surface area (Å²) in [7, 11) is 0. The molecule has 2 aromatic heterocycles. The topological polar surface area (TPSA) is 35.0 Å². The van der Waals surface area contributed by atoms with Crippen molar-refractivity contribution >= 4 is 0 Å². The van der Waals surface area contributed by atoms with E-state index >= 15 is 0 Å². The molecule has 0 aliphatic heterocycles. The minimum Gasteiger partial charge on any atom is -0.454 e. The maximum absolute atomic E-state index is 6.59. The largest absolute Gasteiger partial charge is 0.454 e. The van der Waals surface area contributed by atoms with Gasteiger partial charge in [0.2, 0.25) is 0 Å². The summed E-state index contributed by atoms with van der Waals surface area (Å²) in [5.74, 6) is 5.28. The molecule has 2 aliphatic rings. The standard InChI is InChI=1S/C44H72N2O/c1-5-9-13-15-17-35-21-25-37(26-22-35)29-39-31-41(33-45-43(39)19-11-7-3)47-42-32-40(44(46-34-42)20-12-8-4)30-38-27-23-36(24-28-38)18-16-14-10-6-2/h31-38H,5-30H2,1-4H3. The maximum Gasteiger partial charge on any atom is 0.146 e. The number of hydrogen-bond donors (Lipinski definition) is 0. The zero-order valence-corrected chi connectivity index (χ0v) is 31.3. The van der Waals surface area contributed by atoms with E-state index in [2.05, 4.69) is 39.8 Å². The average molecular weight is 645 g/mol. The fourth-order valence-electron chi connectivity index (χ4n) is 8.56. The molecule has 2 saturated carbocycles. The van der Waals surface area contributed by atoms with Crippen LogP contribution in [-0.2, 0) is 25.7 Å². The Balaban J connectivity index is 1.38. The van der Waals surface area contributed by atoms with Crippen molar-refractivity contribution in [3.8, 4) is 11.5 Å². The first-order chi connectivity index (χ1) is 23.1. The van der Waals surface area contributed by atoms with Crippen molar-refractivity contribution < 1.29 is 4.74 Å². The van der Waals surface area contributed by atoms with E-state index in [9.17, 15) is 0 Å². The fraction of sp³-hybridized carbons (Fsp3) is 0.773. The predicted octanol–water partition coefficient (Wildman–Crippen LogP) is 13.6. The summed E-state index contributed by atoms with van der Waals surface area (Å²) in [5, 5.41) is 0. The molecule has 2 aliphatic carbocycles. The molecule has 2 fully saturated rings. The van der Waals surface area contributed by atoms with Crippen molar-refractivity contribution in [2.24, 2.45) is 23.7 Å². The average Bonchev–Trinajstić information content (AvgIpc) is 3.09. The van der Waals surface area contributed by atoms with Crippen molar-refractivity contribution in [1.82, 2.24) is 9.97 Å². The van der Waals surface area contributed by atoms with Crippen LogP contribution in [0.3, 0.4) is 0 Å². The van der Waals surface area contributed by atoms with Gasteiger partial charge < -0.3 is 4.74 Å². The van der Waals surface area contributed by atoms with Crippen molar-refractivity contribution in [2.75, 3.05) is 0 Å². The van der Waals surface area contributed by atoms with E-state index in [0.717, 1.165) is 60.9 Å². The van der Waals surface area contributed by atoms with Crippen molar-refractivity contribution in [3.05, 3.63) is 47.0 Å². The molecule has 0 bridgehead atoms. The number of unbranched alkanes of at least 4 members (excludes halogenated alkanes) is 8. The van der Waals surface area contributed by atoms with Crippen LogP contribution < -0.4 is 4.74 Å². The SMILES string of the molecule is CCCCCCC1CCC(Cc2cc(Oc3cnc(CCCC)c(CC4CCC(CCCCCC)CC4)c3)cnc2CCCC)CC1. The summed E-state index contributed by atoms with van der Waals surface area (Å²) >= 11 is 0. The first-order valence-electron chi connectivity index (χ1n) is 20.7. The number of aryl methyl sites for hydroxylation is 2. The van der Waals surface area contributed by atoms with Gasteiger partial charge in [0.05, 0.1) is 12.4 Å². The molecule has 47 heavy (non-hydrogen) atoms. The molecule has 0 saturated heterocycles. The van der Waals surface area contributed by atoms with Gasteiger partial charge in [0.25, 0.3) is 0 Å². The third kappa shape index (κ3) is 13.5. The molecule has 0 amide bonds. The summed E-state index contributed by atoms with van der Waals surface area (Å²) < 4.78 is 6.59. The first-order valence-corrected chi connectivity index (χ1v) is 20.7. The van der Waals surface area contributed by atoms with Gasteiger partial charge in [-0.3, -0.25) is 9.97 Å². The van der Waals surface area contributed by atoms with E-state index in [1.165, 1.54) is 164 Å². The van der Waals surface area contributed by atoms with Crippen molar-refractivity contribution in [2.45, 2.75) is 195 Å². The lowest BCUT2D eigenvalue weighted by molar-refractivity contribution is 0.256. The summed E-state index contributed by atoms with van der Waals surface area (Å²) in [6.07, 6.45) is 38.6. The molecule has 0 N–H and O–H groups in total. The molecular formula is C44H72N2O. The van der Waals surface area contributed by atoms with Gasteiger partial charge in [-0.05, 0) is 111 Å². The van der Waals surface area contributed by atoms with Crippen molar-refractivity contribution in [1.29, 1.82) is 0 Å². The Kier molecular flexibility index (Phi) is 17.7. The molecule has 0 unspecified atom stereocenters. The van der Waals surface area contributed by atoms with Gasteiger partial charge in [-0.1, -0.05) is 130 Å². The maximum atomic E-state index is 6.59. The predicted molar refractivity (Wildman–Crippen MR) is 202 cm³/mol. The normalized spacial score (nSPS) is 21.6. The highest BCUT2D eigenvalue weighted by Gasteiger charge is 2.24. The van der Waals surface area contributed by atoms with E-state index in [-0.39, 0.29) is 0 Å². The second-order valence-electron chi connectivity index (χ2n) is 15.7. The number of hydrogen-bond acceptors (Lipinski definition) is 3. The Hall–Kier alpha value is -1.90. The highest BCUT2D eigenvalue weighted by atomic mass is 16.5. The van der Waals surface area contributed by atoms with E-state index < -0.39 is 0 Å². The van der Waals surface area contributed by atoms with Gasteiger partial charge in [-0.15, -0.1) is 0 Å². The summed E-state index contributed by atoms with van der Waals surface area (Å²) in [4.78, 5) is 10.0. The summed E-state index contributed by atoms with van der Waals surface area (Å²) in [6.45, 7) is 9.20. The Morgan fingerprint density at radius 2 is 0.872 bits per heavy atom. The third-order valence-corrected chi connectivity index (χ3v) is 11.7. The third-order valence-electron chi connectivity index (χ3n) is 11.7. The first kappa shape index (κ1) is 37.9. The van der Waals surface area contributed by atoms with Gasteiger partial charge >= 0.3 is 0 Å². The Morgan fingerprint density at radius 1 is 0.489 bits per heavy atom. The lowest BCUT2D eigenvalue weighted by atomic mass is 9.77. The lowest BCUT2D eigenvalue weighted by Crippen LogP contribution is -2.17. The van der Waals surface area contributed by atoms with Crippen LogP contribution in [0, 0.1) is 23.7 Å². The Bertz CT molecular complexity index is 1020. The summed E-state index contributed by atoms with van der Waals surface area (Å²) in [6, 6.07) is 4.67. The van der Waals surface area contributed by atoms with E-state index in [4.69, 9.17) is 14.7 Å². The number of pyridine rings is 2. The van der Waals surface area contributed by atoms with E-state index in [1.54, 1.807) is 0 Å². The Morgan fingerprint density at radius 3 is 1.26 bits per heavy atom. The minimum atomic E-state index is 0.789. The second-order valence-corrected chi connectivity index (χ2v) is 15.7. The van der Waals surface area contributed by atoms with Gasteiger partial charge in [-0.2, -0.15) is 0 Å². The molecule has 0 spiro atoms. The second kappa shape index (κ2) is 21.9. The van der Waals surface area contributed by atoms with Crippen molar-refractivity contribution in [3.63, 3.8) is 0 Å². The van der Waals surface area contributed by atoms with E-state index in [0.29, 0.717) is 0 Å². The highest BCUT2D eigenvalue weighted by molar-refractivity contribution is 5.36.